The molecule has 4 aliphatic carbocycles. The second-order valence-electron chi connectivity index (χ2n) is 10.4. The van der Waals surface area contributed by atoms with Crippen molar-refractivity contribution in [2.24, 2.45) is 52.8 Å². The van der Waals surface area contributed by atoms with Gasteiger partial charge in [-0.3, -0.25) is 0 Å². The van der Waals surface area contributed by atoms with Crippen LogP contribution in [-0.2, 0) is 0 Å². The number of rotatable bonds is 0. The van der Waals surface area contributed by atoms with Crippen LogP contribution < -0.4 is 0 Å². The predicted octanol–water partition coefficient (Wildman–Crippen LogP) is 6.55. The Labute approximate surface area is 138 Å². The van der Waals surface area contributed by atoms with Gasteiger partial charge in [-0.2, -0.15) is 0 Å². The van der Waals surface area contributed by atoms with Gasteiger partial charge in [0.15, 0.2) is 0 Å². The van der Waals surface area contributed by atoms with Crippen molar-refractivity contribution in [1.29, 1.82) is 0 Å². The van der Waals surface area contributed by atoms with Crippen molar-refractivity contribution in [3.8, 4) is 0 Å². The summed E-state index contributed by atoms with van der Waals surface area (Å²) >= 11 is 0. The van der Waals surface area contributed by atoms with Gasteiger partial charge in [0.2, 0.25) is 0 Å². The van der Waals surface area contributed by atoms with Gasteiger partial charge in [0.1, 0.15) is 0 Å². The van der Waals surface area contributed by atoms with Crippen LogP contribution in [0.15, 0.2) is 0 Å². The summed E-state index contributed by atoms with van der Waals surface area (Å²) in [5, 5.41) is 0. The van der Waals surface area contributed by atoms with E-state index in [4.69, 9.17) is 0 Å². The zero-order chi connectivity index (χ0) is 15.5. The first-order chi connectivity index (χ1) is 10.5. The standard InChI is InChI=1S/C22H38/c1-14-5-7-18-17(11-14)6-8-20-19(18)9-10-22(4)13-16(3)15(2)12-21(20)22/h14-21H,5-13H2,1-4H3. The molecule has 0 heteroatoms. The van der Waals surface area contributed by atoms with Crippen molar-refractivity contribution >= 4 is 0 Å². The second kappa shape index (κ2) is 5.52. The Balaban J connectivity index is 1.56. The zero-order valence-electron chi connectivity index (χ0n) is 15.5. The van der Waals surface area contributed by atoms with E-state index in [1.54, 1.807) is 44.9 Å². The summed E-state index contributed by atoms with van der Waals surface area (Å²) in [5.41, 5.74) is 0.696. The lowest BCUT2D eigenvalue weighted by Crippen LogP contribution is -2.51. The molecule has 4 saturated carbocycles. The summed E-state index contributed by atoms with van der Waals surface area (Å²) in [6.07, 6.45) is 14.0. The lowest BCUT2D eigenvalue weighted by molar-refractivity contribution is -0.104. The van der Waals surface area contributed by atoms with Crippen LogP contribution in [-0.4, -0.2) is 0 Å². The van der Waals surface area contributed by atoms with Gasteiger partial charge in [0, 0.05) is 0 Å². The number of fused-ring (bicyclic) bond motifs is 5. The Kier molecular flexibility index (Phi) is 3.90. The van der Waals surface area contributed by atoms with Gasteiger partial charge < -0.3 is 0 Å². The van der Waals surface area contributed by atoms with Crippen molar-refractivity contribution in [1.82, 2.24) is 0 Å². The van der Waals surface area contributed by atoms with E-state index >= 15 is 0 Å². The maximum atomic E-state index is 2.67. The highest BCUT2D eigenvalue weighted by molar-refractivity contribution is 5.03. The molecule has 0 radical (unpaired) electrons. The highest BCUT2D eigenvalue weighted by Gasteiger charge is 2.54. The predicted molar refractivity (Wildman–Crippen MR) is 94.6 cm³/mol. The van der Waals surface area contributed by atoms with E-state index in [-0.39, 0.29) is 0 Å². The SMILES string of the molecule is CC1CCC2C(CCC3C2CCC2(C)CC(C)C(C)CC32)C1. The molecule has 0 bridgehead atoms. The van der Waals surface area contributed by atoms with Crippen LogP contribution in [0.4, 0.5) is 0 Å². The van der Waals surface area contributed by atoms with Gasteiger partial charge in [-0.1, -0.05) is 34.1 Å². The fraction of sp³-hybridized carbons (Fsp3) is 1.00. The molecule has 0 amide bonds. The minimum Gasteiger partial charge on any atom is -0.0625 e. The molecule has 9 atom stereocenters. The molecule has 4 fully saturated rings. The molecular formula is C22H38. The van der Waals surface area contributed by atoms with E-state index in [1.807, 2.05) is 0 Å². The van der Waals surface area contributed by atoms with Gasteiger partial charge in [0.05, 0.1) is 0 Å². The van der Waals surface area contributed by atoms with Gasteiger partial charge in [-0.05, 0) is 104 Å². The molecule has 0 aromatic heterocycles. The highest BCUT2D eigenvalue weighted by atomic mass is 14.6. The average molecular weight is 303 g/mol. The summed E-state index contributed by atoms with van der Waals surface area (Å²) in [4.78, 5) is 0. The highest BCUT2D eigenvalue weighted by Crippen LogP contribution is 2.62. The van der Waals surface area contributed by atoms with E-state index < -0.39 is 0 Å². The van der Waals surface area contributed by atoms with Crippen molar-refractivity contribution in [2.75, 3.05) is 0 Å². The maximum Gasteiger partial charge on any atom is -0.0292 e. The molecule has 0 N–H and O–H groups in total. The fourth-order valence-electron chi connectivity index (χ4n) is 7.76. The summed E-state index contributed by atoms with van der Waals surface area (Å²) in [5.74, 6) is 8.46. The zero-order valence-corrected chi connectivity index (χ0v) is 15.5. The topological polar surface area (TPSA) is 0 Å². The van der Waals surface area contributed by atoms with Gasteiger partial charge >= 0.3 is 0 Å². The maximum absolute atomic E-state index is 2.67. The van der Waals surface area contributed by atoms with Crippen LogP contribution in [0.2, 0.25) is 0 Å². The summed E-state index contributed by atoms with van der Waals surface area (Å²) in [6.45, 7) is 10.2. The van der Waals surface area contributed by atoms with Crippen LogP contribution in [0.25, 0.3) is 0 Å². The minimum absolute atomic E-state index is 0.696. The summed E-state index contributed by atoms with van der Waals surface area (Å²) in [7, 11) is 0. The third-order valence-electron chi connectivity index (χ3n) is 9.12. The van der Waals surface area contributed by atoms with Crippen LogP contribution >= 0.6 is 0 Å². The van der Waals surface area contributed by atoms with Gasteiger partial charge in [0.25, 0.3) is 0 Å². The summed E-state index contributed by atoms with van der Waals surface area (Å²) in [6, 6.07) is 0. The summed E-state index contributed by atoms with van der Waals surface area (Å²) < 4.78 is 0. The van der Waals surface area contributed by atoms with Gasteiger partial charge in [-0.25, -0.2) is 0 Å². The van der Waals surface area contributed by atoms with Crippen LogP contribution in [0.5, 0.6) is 0 Å². The molecule has 0 spiro atoms. The molecular weight excluding hydrogens is 264 g/mol. The van der Waals surface area contributed by atoms with Gasteiger partial charge in [-0.15, -0.1) is 0 Å². The molecule has 126 valence electrons. The third-order valence-corrected chi connectivity index (χ3v) is 9.12. The van der Waals surface area contributed by atoms with Crippen molar-refractivity contribution in [3.63, 3.8) is 0 Å². The number of hydrogen-bond donors (Lipinski definition) is 0. The minimum atomic E-state index is 0.696. The van der Waals surface area contributed by atoms with Crippen LogP contribution in [0.1, 0.15) is 85.5 Å². The van der Waals surface area contributed by atoms with E-state index in [0.717, 1.165) is 47.3 Å². The Morgan fingerprint density at radius 3 is 2.32 bits per heavy atom. The normalized spacial score (nSPS) is 58.4. The molecule has 4 aliphatic rings. The van der Waals surface area contributed by atoms with Crippen LogP contribution in [0.3, 0.4) is 0 Å². The first-order valence-electron chi connectivity index (χ1n) is 10.5. The Morgan fingerprint density at radius 2 is 1.50 bits per heavy atom. The monoisotopic (exact) mass is 302 g/mol. The molecule has 0 aliphatic heterocycles. The molecule has 22 heavy (non-hydrogen) atoms. The van der Waals surface area contributed by atoms with Crippen molar-refractivity contribution in [2.45, 2.75) is 85.5 Å². The van der Waals surface area contributed by atoms with E-state index in [9.17, 15) is 0 Å². The molecule has 9 unspecified atom stereocenters. The molecule has 4 rings (SSSR count). The first kappa shape index (κ1) is 15.5. The Bertz CT molecular complexity index is 412. The molecule has 0 heterocycles. The second-order valence-corrected chi connectivity index (χ2v) is 10.4. The fourth-order valence-corrected chi connectivity index (χ4v) is 7.76. The third kappa shape index (κ3) is 2.39. The van der Waals surface area contributed by atoms with E-state index in [0.29, 0.717) is 5.41 Å². The van der Waals surface area contributed by atoms with Crippen LogP contribution in [0, 0.1) is 52.8 Å². The molecule has 0 saturated heterocycles. The number of hydrogen-bond acceptors (Lipinski definition) is 0. The molecule has 0 nitrogen and oxygen atoms in total. The molecule has 0 aromatic carbocycles. The lowest BCUT2D eigenvalue weighted by Gasteiger charge is -2.60. The lowest BCUT2D eigenvalue weighted by atomic mass is 9.45. The van der Waals surface area contributed by atoms with Crippen molar-refractivity contribution in [3.05, 3.63) is 0 Å². The Hall–Kier alpha value is 0. The largest absolute Gasteiger partial charge is 0.0625 e. The molecule has 0 aromatic rings. The smallest absolute Gasteiger partial charge is 0.0292 e. The van der Waals surface area contributed by atoms with E-state index in [2.05, 4.69) is 27.7 Å². The Morgan fingerprint density at radius 1 is 0.727 bits per heavy atom. The van der Waals surface area contributed by atoms with Crippen molar-refractivity contribution < 1.29 is 0 Å². The first-order valence-corrected chi connectivity index (χ1v) is 10.5. The van der Waals surface area contributed by atoms with E-state index in [1.165, 1.54) is 12.8 Å². The average Bonchev–Trinajstić information content (AvgIpc) is 2.48. The quantitative estimate of drug-likeness (QED) is 0.476.